The number of hydrogen-bond donors (Lipinski definition) is 0. The molecule has 0 radical (unpaired) electrons. The summed E-state index contributed by atoms with van der Waals surface area (Å²) in [6, 6.07) is 3.19. The van der Waals surface area contributed by atoms with E-state index in [0.29, 0.717) is 5.76 Å². The molecule has 0 atom stereocenters. The Morgan fingerprint density at radius 2 is 1.89 bits per heavy atom. The van der Waals surface area contributed by atoms with Gasteiger partial charge in [-0.1, -0.05) is 32.4 Å². The molecule has 0 saturated heterocycles. The van der Waals surface area contributed by atoms with Gasteiger partial charge in [0.1, 0.15) is 17.4 Å². The topological polar surface area (TPSA) is 18.1 Å². The summed E-state index contributed by atoms with van der Waals surface area (Å²) in [5.74, 6) is -0.953. The molecule has 2 rings (SSSR count). The number of hydrogen-bond acceptors (Lipinski definition) is 2. The van der Waals surface area contributed by atoms with Gasteiger partial charge >= 0.3 is 0 Å². The molecule has 2 aromatic rings. The normalized spacial score (nSPS) is 11.9. The lowest BCUT2D eigenvalue weighted by molar-refractivity contribution is 0.398. The van der Waals surface area contributed by atoms with E-state index in [1.165, 1.54) is 10.6 Å². The number of oxazole rings is 1. The van der Waals surface area contributed by atoms with Crippen LogP contribution in [0.15, 0.2) is 22.6 Å². The van der Waals surface area contributed by atoms with E-state index in [1.54, 1.807) is 0 Å². The summed E-state index contributed by atoms with van der Waals surface area (Å²) in [5, 5.41) is 0.197. The van der Waals surface area contributed by atoms with Crippen LogP contribution in [0.25, 0.3) is 5.69 Å². The maximum Gasteiger partial charge on any atom is 0.274 e. The van der Waals surface area contributed by atoms with Crippen molar-refractivity contribution >= 4 is 23.8 Å². The molecular weight excluding hydrogens is 292 g/mol. The van der Waals surface area contributed by atoms with E-state index in [0.717, 1.165) is 12.1 Å². The van der Waals surface area contributed by atoms with Crippen LogP contribution in [0.2, 0.25) is 5.15 Å². The first-order valence-corrected chi connectivity index (χ1v) is 6.37. The van der Waals surface area contributed by atoms with Gasteiger partial charge in [-0.15, -0.1) is 0 Å². The molecule has 0 unspecified atom stereocenters. The minimum Gasteiger partial charge on any atom is -0.432 e. The van der Waals surface area contributed by atoms with Gasteiger partial charge in [-0.3, -0.25) is 4.57 Å². The van der Waals surface area contributed by atoms with Crippen LogP contribution in [0.4, 0.5) is 8.78 Å². The molecule has 2 nitrogen and oxygen atoms in total. The summed E-state index contributed by atoms with van der Waals surface area (Å²) in [6.07, 6.45) is 0. The Morgan fingerprint density at radius 3 is 2.37 bits per heavy atom. The van der Waals surface area contributed by atoms with Crippen LogP contribution in [0.5, 0.6) is 0 Å². The molecule has 1 aromatic carbocycles. The number of benzene rings is 1. The van der Waals surface area contributed by atoms with Crippen molar-refractivity contribution in [1.82, 2.24) is 4.57 Å². The summed E-state index contributed by atoms with van der Waals surface area (Å²) in [7, 11) is 0. The van der Waals surface area contributed by atoms with Gasteiger partial charge in [0.05, 0.1) is 5.69 Å². The number of halogens is 3. The second-order valence-corrected chi connectivity index (χ2v) is 5.88. The van der Waals surface area contributed by atoms with Gasteiger partial charge in [-0.05, 0) is 24.4 Å². The first kappa shape index (κ1) is 14.2. The lowest BCUT2D eigenvalue weighted by atomic mass is 9.94. The molecule has 0 saturated carbocycles. The van der Waals surface area contributed by atoms with Crippen molar-refractivity contribution in [1.29, 1.82) is 0 Å². The summed E-state index contributed by atoms with van der Waals surface area (Å²) < 4.78 is 33.4. The lowest BCUT2D eigenvalue weighted by Gasteiger charge is -2.14. The SMILES string of the molecule is CC(C)(C)c1oc(=S)n(-c2ccc(F)cc2F)c1Cl. The summed E-state index contributed by atoms with van der Waals surface area (Å²) >= 11 is 11.3. The Balaban J connectivity index is 2.71. The molecule has 0 aliphatic heterocycles. The second kappa shape index (κ2) is 4.72. The highest BCUT2D eigenvalue weighted by atomic mass is 35.5. The predicted octanol–water partition coefficient (Wildman–Crippen LogP) is 5.03. The zero-order chi connectivity index (χ0) is 14.4. The third-order valence-electron chi connectivity index (χ3n) is 2.59. The molecule has 19 heavy (non-hydrogen) atoms. The Hall–Kier alpha value is -1.20. The molecule has 0 aliphatic rings. The maximum atomic E-state index is 13.8. The summed E-state index contributed by atoms with van der Waals surface area (Å²) in [4.78, 5) is 0.0282. The molecule has 102 valence electrons. The molecule has 0 aliphatic carbocycles. The summed E-state index contributed by atoms with van der Waals surface area (Å²) in [5.41, 5.74) is -0.303. The van der Waals surface area contributed by atoms with Crippen molar-refractivity contribution in [3.05, 3.63) is 45.6 Å². The van der Waals surface area contributed by atoms with Crippen LogP contribution in [0, 0.1) is 16.5 Å². The van der Waals surface area contributed by atoms with Crippen molar-refractivity contribution in [3.63, 3.8) is 0 Å². The number of aromatic nitrogens is 1. The first-order chi connectivity index (χ1) is 8.71. The quantitative estimate of drug-likeness (QED) is 0.688. The first-order valence-electron chi connectivity index (χ1n) is 5.59. The van der Waals surface area contributed by atoms with Crippen LogP contribution >= 0.6 is 23.8 Å². The third kappa shape index (κ3) is 2.58. The van der Waals surface area contributed by atoms with Gasteiger partial charge in [-0.2, -0.15) is 0 Å². The molecule has 1 heterocycles. The van der Waals surface area contributed by atoms with Crippen molar-refractivity contribution in [2.45, 2.75) is 26.2 Å². The fraction of sp³-hybridized carbons (Fsp3) is 0.308. The standard InChI is InChI=1S/C13H12ClF2NOS/c1-13(2,3)10-11(14)17(12(19)18-10)9-5-4-7(15)6-8(9)16/h4-6H,1-3H3. The highest BCUT2D eigenvalue weighted by Gasteiger charge is 2.26. The van der Waals surface area contributed by atoms with Crippen LogP contribution in [0.3, 0.4) is 0 Å². The van der Waals surface area contributed by atoms with E-state index in [9.17, 15) is 8.78 Å². The van der Waals surface area contributed by atoms with Crippen molar-refractivity contribution < 1.29 is 13.2 Å². The van der Waals surface area contributed by atoms with Gasteiger partial charge in [-0.25, -0.2) is 8.78 Å². The fourth-order valence-electron chi connectivity index (χ4n) is 1.69. The Bertz CT molecular complexity index is 685. The van der Waals surface area contributed by atoms with Crippen molar-refractivity contribution in [2.75, 3.05) is 0 Å². The molecule has 0 spiro atoms. The number of rotatable bonds is 1. The minimum absolute atomic E-state index is 0.0282. The molecule has 1 aromatic heterocycles. The zero-order valence-corrected chi connectivity index (χ0v) is 12.2. The lowest BCUT2D eigenvalue weighted by Crippen LogP contribution is -2.11. The van der Waals surface area contributed by atoms with Crippen molar-refractivity contribution in [3.8, 4) is 5.69 Å². The molecular formula is C13H12ClF2NOS. The van der Waals surface area contributed by atoms with Gasteiger partial charge in [0.15, 0.2) is 5.15 Å². The van der Waals surface area contributed by atoms with Crippen LogP contribution in [-0.4, -0.2) is 4.57 Å². The van der Waals surface area contributed by atoms with E-state index in [4.69, 9.17) is 28.2 Å². The Kier molecular flexibility index (Phi) is 3.53. The molecule has 0 fully saturated rings. The van der Waals surface area contributed by atoms with E-state index in [-0.39, 0.29) is 21.1 Å². The van der Waals surface area contributed by atoms with Crippen LogP contribution in [-0.2, 0) is 5.41 Å². The van der Waals surface area contributed by atoms with Gasteiger partial charge in [0.2, 0.25) is 0 Å². The molecule has 0 amide bonds. The van der Waals surface area contributed by atoms with E-state index in [2.05, 4.69) is 0 Å². The molecule has 0 bridgehead atoms. The highest BCUT2D eigenvalue weighted by molar-refractivity contribution is 7.71. The molecule has 6 heteroatoms. The minimum atomic E-state index is -0.751. The van der Waals surface area contributed by atoms with Crippen LogP contribution in [0.1, 0.15) is 26.5 Å². The fourth-order valence-corrected chi connectivity index (χ4v) is 2.50. The molecule has 0 N–H and O–H groups in total. The average Bonchev–Trinajstić information content (AvgIpc) is 2.55. The summed E-state index contributed by atoms with van der Waals surface area (Å²) in [6.45, 7) is 5.70. The second-order valence-electron chi connectivity index (χ2n) is 5.17. The van der Waals surface area contributed by atoms with E-state index in [1.807, 2.05) is 20.8 Å². The van der Waals surface area contributed by atoms with Gasteiger partial charge in [0, 0.05) is 11.5 Å². The van der Waals surface area contributed by atoms with Crippen molar-refractivity contribution in [2.24, 2.45) is 0 Å². The number of nitrogens with zero attached hydrogens (tertiary/aromatic N) is 1. The average molecular weight is 304 g/mol. The largest absolute Gasteiger partial charge is 0.432 e. The van der Waals surface area contributed by atoms with E-state index < -0.39 is 11.6 Å². The predicted molar refractivity (Wildman–Crippen MR) is 72.5 cm³/mol. The zero-order valence-electron chi connectivity index (χ0n) is 10.6. The van der Waals surface area contributed by atoms with Gasteiger partial charge in [0.25, 0.3) is 4.84 Å². The highest BCUT2D eigenvalue weighted by Crippen LogP contribution is 2.33. The third-order valence-corrected chi connectivity index (χ3v) is 3.19. The van der Waals surface area contributed by atoms with Crippen LogP contribution < -0.4 is 0 Å². The van der Waals surface area contributed by atoms with Gasteiger partial charge < -0.3 is 4.42 Å². The monoisotopic (exact) mass is 303 g/mol. The Labute approximate surface area is 119 Å². The smallest absolute Gasteiger partial charge is 0.274 e. The maximum absolute atomic E-state index is 13.8. The Morgan fingerprint density at radius 1 is 1.26 bits per heavy atom. The van der Waals surface area contributed by atoms with E-state index >= 15 is 0 Å².